The van der Waals surface area contributed by atoms with Crippen molar-refractivity contribution < 1.29 is 14.3 Å². The van der Waals surface area contributed by atoms with E-state index in [4.69, 9.17) is 9.47 Å². The summed E-state index contributed by atoms with van der Waals surface area (Å²) in [5, 5.41) is 4.65. The molecule has 0 unspecified atom stereocenters. The number of hydrogen-bond donors (Lipinski definition) is 0. The Balaban J connectivity index is 2.20. The molecule has 0 bridgehead atoms. The number of methoxy groups -OCH3 is 2. The number of nitrogens with zero attached hydrogens (tertiary/aromatic N) is 2. The summed E-state index contributed by atoms with van der Waals surface area (Å²) < 4.78 is 11.7. The smallest absolute Gasteiger partial charge is 0.307 e. The summed E-state index contributed by atoms with van der Waals surface area (Å²) >= 11 is 0. The molecule has 0 radical (unpaired) electrons. The first-order chi connectivity index (χ1) is 9.46. The zero-order valence-corrected chi connectivity index (χ0v) is 12.6. The maximum absolute atomic E-state index is 11.5. The SMILES string of the molecule is COC=C1CCc2nn(C(C)(C)CC(=O)OC)cc2C1. The lowest BCUT2D eigenvalue weighted by Crippen LogP contribution is -2.30. The normalized spacial score (nSPS) is 16.9. The van der Waals surface area contributed by atoms with E-state index in [0.29, 0.717) is 6.42 Å². The molecule has 1 aromatic heterocycles. The number of carbonyl (C=O) groups is 1. The van der Waals surface area contributed by atoms with E-state index < -0.39 is 0 Å². The highest BCUT2D eigenvalue weighted by atomic mass is 16.5. The molecule has 0 spiro atoms. The van der Waals surface area contributed by atoms with Gasteiger partial charge in [-0.3, -0.25) is 9.48 Å². The molecule has 1 aliphatic rings. The molecule has 0 N–H and O–H groups in total. The quantitative estimate of drug-likeness (QED) is 0.626. The molecule has 5 nitrogen and oxygen atoms in total. The minimum absolute atomic E-state index is 0.219. The van der Waals surface area contributed by atoms with Crippen molar-refractivity contribution in [2.45, 2.75) is 45.1 Å². The van der Waals surface area contributed by atoms with Crippen LogP contribution in [-0.4, -0.2) is 30.0 Å². The molecule has 0 aliphatic heterocycles. The van der Waals surface area contributed by atoms with Crippen LogP contribution in [0.15, 0.2) is 18.0 Å². The Bertz CT molecular complexity index is 529. The van der Waals surface area contributed by atoms with Gasteiger partial charge in [0.25, 0.3) is 0 Å². The molecule has 110 valence electrons. The Kier molecular flexibility index (Phi) is 4.16. The van der Waals surface area contributed by atoms with Gasteiger partial charge < -0.3 is 9.47 Å². The lowest BCUT2D eigenvalue weighted by molar-refractivity contribution is -0.142. The van der Waals surface area contributed by atoms with Crippen LogP contribution in [0.1, 0.15) is 37.9 Å². The van der Waals surface area contributed by atoms with Gasteiger partial charge in [0.05, 0.1) is 38.1 Å². The van der Waals surface area contributed by atoms with Crippen LogP contribution in [0.25, 0.3) is 0 Å². The first kappa shape index (κ1) is 14.6. The summed E-state index contributed by atoms with van der Waals surface area (Å²) in [4.78, 5) is 11.5. The van der Waals surface area contributed by atoms with E-state index in [9.17, 15) is 4.79 Å². The Labute approximate surface area is 119 Å². The minimum atomic E-state index is -0.379. The van der Waals surface area contributed by atoms with E-state index >= 15 is 0 Å². The van der Waals surface area contributed by atoms with Crippen molar-refractivity contribution in [1.82, 2.24) is 9.78 Å². The first-order valence-electron chi connectivity index (χ1n) is 6.81. The van der Waals surface area contributed by atoms with Crippen LogP contribution in [0.3, 0.4) is 0 Å². The van der Waals surface area contributed by atoms with Crippen LogP contribution < -0.4 is 0 Å². The molecular formula is C15H22N2O3. The highest BCUT2D eigenvalue weighted by molar-refractivity contribution is 5.70. The van der Waals surface area contributed by atoms with Gasteiger partial charge in [-0.1, -0.05) is 0 Å². The van der Waals surface area contributed by atoms with Crippen LogP contribution >= 0.6 is 0 Å². The Morgan fingerprint density at radius 2 is 2.20 bits per heavy atom. The highest BCUT2D eigenvalue weighted by Gasteiger charge is 2.28. The number of fused-ring (bicyclic) bond motifs is 1. The summed E-state index contributed by atoms with van der Waals surface area (Å²) in [5.74, 6) is -0.219. The van der Waals surface area contributed by atoms with Crippen molar-refractivity contribution in [3.05, 3.63) is 29.3 Å². The molecule has 1 aromatic rings. The van der Waals surface area contributed by atoms with Crippen molar-refractivity contribution in [2.75, 3.05) is 14.2 Å². The van der Waals surface area contributed by atoms with Gasteiger partial charge in [0.15, 0.2) is 0 Å². The van der Waals surface area contributed by atoms with E-state index in [2.05, 4.69) is 5.10 Å². The third-order valence-corrected chi connectivity index (χ3v) is 3.69. The third kappa shape index (κ3) is 3.03. The predicted molar refractivity (Wildman–Crippen MR) is 75.3 cm³/mol. The molecule has 1 heterocycles. The maximum atomic E-state index is 11.5. The summed E-state index contributed by atoms with van der Waals surface area (Å²) in [5.41, 5.74) is 3.24. The van der Waals surface area contributed by atoms with Crippen LogP contribution in [-0.2, 0) is 32.6 Å². The van der Waals surface area contributed by atoms with Crippen molar-refractivity contribution in [2.24, 2.45) is 0 Å². The number of hydrogen-bond acceptors (Lipinski definition) is 4. The number of rotatable bonds is 4. The third-order valence-electron chi connectivity index (χ3n) is 3.69. The predicted octanol–water partition coefficient (Wildman–Crippen LogP) is 2.20. The number of carbonyl (C=O) groups excluding carboxylic acids is 1. The largest absolute Gasteiger partial charge is 0.504 e. The molecule has 0 saturated heterocycles. The van der Waals surface area contributed by atoms with Crippen LogP contribution in [0.5, 0.6) is 0 Å². The summed E-state index contributed by atoms with van der Waals surface area (Å²) in [7, 11) is 3.08. The second kappa shape index (κ2) is 5.69. The Morgan fingerprint density at radius 3 is 2.85 bits per heavy atom. The number of ether oxygens (including phenoxy) is 2. The lowest BCUT2D eigenvalue weighted by Gasteiger charge is -2.23. The van der Waals surface area contributed by atoms with Gasteiger partial charge in [0, 0.05) is 12.6 Å². The molecule has 2 rings (SSSR count). The number of aromatic nitrogens is 2. The zero-order valence-electron chi connectivity index (χ0n) is 12.6. The van der Waals surface area contributed by atoms with Crippen LogP contribution in [0.4, 0.5) is 0 Å². The van der Waals surface area contributed by atoms with Gasteiger partial charge in [-0.05, 0) is 37.8 Å². The fraction of sp³-hybridized carbons (Fsp3) is 0.600. The minimum Gasteiger partial charge on any atom is -0.504 e. The molecule has 0 saturated carbocycles. The fourth-order valence-corrected chi connectivity index (χ4v) is 2.50. The fourth-order valence-electron chi connectivity index (χ4n) is 2.50. The van der Waals surface area contributed by atoms with Gasteiger partial charge >= 0.3 is 5.97 Å². The van der Waals surface area contributed by atoms with Crippen molar-refractivity contribution in [3.8, 4) is 0 Å². The van der Waals surface area contributed by atoms with Gasteiger partial charge in [0.2, 0.25) is 0 Å². The monoisotopic (exact) mass is 278 g/mol. The standard InChI is InChI=1S/C15H22N2O3/c1-15(2,8-14(18)20-4)17-9-12-7-11(10-19-3)5-6-13(12)16-17/h9-10H,5-8H2,1-4H3. The van der Waals surface area contributed by atoms with Gasteiger partial charge in [0.1, 0.15) is 0 Å². The summed E-state index contributed by atoms with van der Waals surface area (Å²) in [6.07, 6.45) is 6.95. The number of aryl methyl sites for hydroxylation is 1. The zero-order chi connectivity index (χ0) is 14.8. The van der Waals surface area contributed by atoms with Gasteiger partial charge in [-0.25, -0.2) is 0 Å². The molecule has 0 fully saturated rings. The molecule has 0 atom stereocenters. The van der Waals surface area contributed by atoms with E-state index in [1.54, 1.807) is 7.11 Å². The van der Waals surface area contributed by atoms with E-state index in [1.165, 1.54) is 18.2 Å². The number of allylic oxidation sites excluding steroid dienone is 1. The van der Waals surface area contributed by atoms with E-state index in [0.717, 1.165) is 25.0 Å². The average Bonchev–Trinajstić information content (AvgIpc) is 2.82. The summed E-state index contributed by atoms with van der Waals surface area (Å²) in [6.45, 7) is 3.99. The number of esters is 1. The molecule has 0 amide bonds. The van der Waals surface area contributed by atoms with E-state index in [1.807, 2.05) is 31.0 Å². The topological polar surface area (TPSA) is 53.4 Å². The molecule has 20 heavy (non-hydrogen) atoms. The second-order valence-electron chi connectivity index (χ2n) is 5.80. The molecule has 0 aromatic carbocycles. The second-order valence-corrected chi connectivity index (χ2v) is 5.80. The van der Waals surface area contributed by atoms with Crippen molar-refractivity contribution >= 4 is 5.97 Å². The molecular weight excluding hydrogens is 256 g/mol. The molecule has 1 aliphatic carbocycles. The Hall–Kier alpha value is -1.78. The highest BCUT2D eigenvalue weighted by Crippen LogP contribution is 2.28. The average molecular weight is 278 g/mol. The maximum Gasteiger partial charge on any atom is 0.307 e. The molecule has 5 heteroatoms. The lowest BCUT2D eigenvalue weighted by atomic mass is 9.94. The first-order valence-corrected chi connectivity index (χ1v) is 6.81. The van der Waals surface area contributed by atoms with Gasteiger partial charge in [-0.2, -0.15) is 5.10 Å². The summed E-state index contributed by atoms with van der Waals surface area (Å²) in [6, 6.07) is 0. The Morgan fingerprint density at radius 1 is 1.45 bits per heavy atom. The van der Waals surface area contributed by atoms with Gasteiger partial charge in [-0.15, -0.1) is 0 Å². The van der Waals surface area contributed by atoms with Crippen molar-refractivity contribution in [1.29, 1.82) is 0 Å². The van der Waals surface area contributed by atoms with Crippen LogP contribution in [0.2, 0.25) is 0 Å². The van der Waals surface area contributed by atoms with Crippen molar-refractivity contribution in [3.63, 3.8) is 0 Å². The van der Waals surface area contributed by atoms with Crippen LogP contribution in [0, 0.1) is 0 Å². The van der Waals surface area contributed by atoms with E-state index in [-0.39, 0.29) is 11.5 Å².